The first-order valence-corrected chi connectivity index (χ1v) is 11.6. The van der Waals surface area contributed by atoms with Crippen LogP contribution in [0.3, 0.4) is 0 Å². The van der Waals surface area contributed by atoms with Gasteiger partial charge in [0.2, 0.25) is 5.91 Å². The molecule has 0 fully saturated rings. The molecule has 0 spiro atoms. The highest BCUT2D eigenvalue weighted by atomic mass is 35.5. The van der Waals surface area contributed by atoms with Crippen molar-refractivity contribution in [2.45, 2.75) is 37.9 Å². The third kappa shape index (κ3) is 4.26. The molecule has 28 heavy (non-hydrogen) atoms. The zero-order valence-electron chi connectivity index (χ0n) is 15.2. The van der Waals surface area contributed by atoms with Crippen LogP contribution in [-0.4, -0.2) is 21.6 Å². The molecule has 0 atom stereocenters. The maximum Gasteiger partial charge on any atom is 0.259 e. The number of benzene rings is 1. The molecule has 1 aliphatic rings. The molecule has 146 valence electrons. The number of thioether (sulfide) groups is 1. The fourth-order valence-electron chi connectivity index (χ4n) is 3.39. The molecular formula is C20H20ClN3O2S2. The summed E-state index contributed by atoms with van der Waals surface area (Å²) in [5, 5.41) is 4.12. The number of carbonyl (C=O) groups is 1. The fourth-order valence-corrected chi connectivity index (χ4v) is 5.65. The van der Waals surface area contributed by atoms with E-state index in [2.05, 4.69) is 15.3 Å². The zero-order chi connectivity index (χ0) is 19.5. The van der Waals surface area contributed by atoms with E-state index in [1.807, 2.05) is 12.1 Å². The Labute approximate surface area is 175 Å². The van der Waals surface area contributed by atoms with Gasteiger partial charge in [-0.1, -0.05) is 23.7 Å². The van der Waals surface area contributed by atoms with Crippen LogP contribution in [0.5, 0.6) is 0 Å². The number of anilines is 1. The summed E-state index contributed by atoms with van der Waals surface area (Å²) in [5.74, 6) is 1.81. The topological polar surface area (TPSA) is 74.8 Å². The lowest BCUT2D eigenvalue weighted by Gasteiger charge is -2.09. The number of H-pyrrole nitrogens is 1. The zero-order valence-corrected chi connectivity index (χ0v) is 17.6. The van der Waals surface area contributed by atoms with Crippen LogP contribution in [0.15, 0.2) is 29.1 Å². The largest absolute Gasteiger partial charge is 0.325 e. The summed E-state index contributed by atoms with van der Waals surface area (Å²) in [6.45, 7) is 0. The van der Waals surface area contributed by atoms with E-state index in [-0.39, 0.29) is 11.5 Å². The van der Waals surface area contributed by atoms with Crippen LogP contribution in [0, 0.1) is 0 Å². The van der Waals surface area contributed by atoms with Crippen molar-refractivity contribution in [2.24, 2.45) is 0 Å². The van der Waals surface area contributed by atoms with Crippen molar-refractivity contribution in [3.05, 3.63) is 55.9 Å². The molecule has 3 aromatic rings. The molecule has 8 heteroatoms. The lowest BCUT2D eigenvalue weighted by molar-refractivity contribution is -0.115. The molecule has 5 nitrogen and oxygen atoms in total. The first-order chi connectivity index (χ1) is 13.6. The second-order valence-corrected chi connectivity index (χ2v) is 9.33. The van der Waals surface area contributed by atoms with Gasteiger partial charge in [-0.2, -0.15) is 11.8 Å². The minimum atomic E-state index is -0.0802. The summed E-state index contributed by atoms with van der Waals surface area (Å²) in [6.07, 6.45) is 4.74. The Morgan fingerprint density at radius 2 is 2.11 bits per heavy atom. The Morgan fingerprint density at radius 1 is 1.29 bits per heavy atom. The van der Waals surface area contributed by atoms with E-state index in [1.165, 1.54) is 16.9 Å². The van der Waals surface area contributed by atoms with E-state index >= 15 is 0 Å². The van der Waals surface area contributed by atoms with Gasteiger partial charge >= 0.3 is 0 Å². The maximum absolute atomic E-state index is 12.5. The van der Waals surface area contributed by atoms with Crippen molar-refractivity contribution in [3.63, 3.8) is 0 Å². The number of hydrogen-bond donors (Lipinski definition) is 2. The van der Waals surface area contributed by atoms with Crippen molar-refractivity contribution in [1.82, 2.24) is 9.97 Å². The van der Waals surface area contributed by atoms with Crippen LogP contribution >= 0.6 is 34.7 Å². The molecule has 0 radical (unpaired) electrons. The monoisotopic (exact) mass is 433 g/mol. The van der Waals surface area contributed by atoms with Crippen LogP contribution in [-0.2, 0) is 23.4 Å². The third-order valence-electron chi connectivity index (χ3n) is 4.73. The Hall–Kier alpha value is -1.83. The number of fused-ring (bicyclic) bond motifs is 3. The second-order valence-electron chi connectivity index (χ2n) is 6.73. The van der Waals surface area contributed by atoms with E-state index in [0.29, 0.717) is 34.5 Å². The van der Waals surface area contributed by atoms with Gasteiger partial charge in [0.25, 0.3) is 5.56 Å². The number of carbonyl (C=O) groups excluding carboxylic acids is 1. The van der Waals surface area contributed by atoms with Crippen LogP contribution < -0.4 is 10.9 Å². The van der Waals surface area contributed by atoms with Gasteiger partial charge in [0.15, 0.2) is 0 Å². The van der Waals surface area contributed by atoms with Crippen molar-refractivity contribution >= 4 is 56.5 Å². The van der Waals surface area contributed by atoms with Gasteiger partial charge in [0.1, 0.15) is 10.7 Å². The molecule has 0 unspecified atom stereocenters. The van der Waals surface area contributed by atoms with Gasteiger partial charge in [-0.3, -0.25) is 9.59 Å². The number of aromatic nitrogens is 2. The van der Waals surface area contributed by atoms with Gasteiger partial charge in [0.05, 0.1) is 21.8 Å². The summed E-state index contributed by atoms with van der Waals surface area (Å²) in [5.41, 5.74) is 1.80. The molecule has 0 saturated carbocycles. The first kappa shape index (κ1) is 19.5. The number of nitrogens with zero attached hydrogens (tertiary/aromatic N) is 1. The molecule has 1 aromatic carbocycles. The van der Waals surface area contributed by atoms with Crippen molar-refractivity contribution < 1.29 is 4.79 Å². The Morgan fingerprint density at radius 3 is 2.96 bits per heavy atom. The quantitative estimate of drug-likeness (QED) is 0.548. The maximum atomic E-state index is 12.5. The number of amides is 1. The molecule has 0 aliphatic heterocycles. The van der Waals surface area contributed by atoms with Gasteiger partial charge in [0, 0.05) is 17.1 Å². The highest BCUT2D eigenvalue weighted by Crippen LogP contribution is 2.33. The lowest BCUT2D eigenvalue weighted by Crippen LogP contribution is -2.14. The smallest absolute Gasteiger partial charge is 0.259 e. The molecule has 2 N–H and O–H groups in total. The summed E-state index contributed by atoms with van der Waals surface area (Å²) >= 11 is 9.29. The average Bonchev–Trinajstić information content (AvgIpc) is 3.06. The van der Waals surface area contributed by atoms with Gasteiger partial charge in [-0.05, 0) is 43.4 Å². The Kier molecular flexibility index (Phi) is 6.04. The molecule has 1 amide bonds. The number of aryl methyl sites for hydroxylation is 2. The minimum Gasteiger partial charge on any atom is -0.325 e. The van der Waals surface area contributed by atoms with Gasteiger partial charge in [-0.15, -0.1) is 11.3 Å². The van der Waals surface area contributed by atoms with Crippen molar-refractivity contribution in [2.75, 3.05) is 11.1 Å². The number of para-hydroxylation sites is 1. The van der Waals surface area contributed by atoms with Crippen molar-refractivity contribution in [3.8, 4) is 0 Å². The molecule has 0 bridgehead atoms. The Balaban J connectivity index is 1.34. The SMILES string of the molecule is O=C(CCSCc1nc2sc3c(c2c(=O)[nH]1)CCCC3)Nc1ccccc1Cl. The molecule has 0 saturated heterocycles. The van der Waals surface area contributed by atoms with E-state index < -0.39 is 0 Å². The second kappa shape index (κ2) is 8.68. The number of nitrogens with one attached hydrogen (secondary N) is 2. The standard InChI is InChI=1S/C20H20ClN3O2S2/c21-13-6-2-3-7-14(13)22-17(25)9-10-27-11-16-23-19(26)18-12-5-1-4-8-15(12)28-20(18)24-16/h2-3,6-7H,1,4-5,8-11H2,(H,22,25)(H,23,24,26). The number of hydrogen-bond acceptors (Lipinski definition) is 5. The molecule has 4 rings (SSSR count). The fraction of sp³-hybridized carbons (Fsp3) is 0.350. The average molecular weight is 434 g/mol. The predicted molar refractivity (Wildman–Crippen MR) is 118 cm³/mol. The summed E-state index contributed by atoms with van der Waals surface area (Å²) in [6, 6.07) is 7.17. The number of aromatic amines is 1. The molecule has 2 aromatic heterocycles. The normalized spacial score (nSPS) is 13.5. The van der Waals surface area contributed by atoms with Crippen molar-refractivity contribution in [1.29, 1.82) is 0 Å². The lowest BCUT2D eigenvalue weighted by atomic mass is 9.97. The van der Waals surface area contributed by atoms with E-state index in [9.17, 15) is 9.59 Å². The van der Waals surface area contributed by atoms with Crippen LogP contribution in [0.4, 0.5) is 5.69 Å². The molecular weight excluding hydrogens is 414 g/mol. The highest BCUT2D eigenvalue weighted by molar-refractivity contribution is 7.98. The van der Waals surface area contributed by atoms with E-state index in [4.69, 9.17) is 11.6 Å². The third-order valence-corrected chi connectivity index (χ3v) is 7.22. The summed E-state index contributed by atoms with van der Waals surface area (Å²) in [7, 11) is 0. The van der Waals surface area contributed by atoms with Gasteiger partial charge in [-0.25, -0.2) is 4.98 Å². The Bertz CT molecular complexity index is 1080. The van der Waals surface area contributed by atoms with E-state index in [1.54, 1.807) is 35.2 Å². The highest BCUT2D eigenvalue weighted by Gasteiger charge is 2.19. The minimum absolute atomic E-state index is 0.0311. The molecule has 2 heterocycles. The summed E-state index contributed by atoms with van der Waals surface area (Å²) < 4.78 is 0. The molecule has 1 aliphatic carbocycles. The van der Waals surface area contributed by atoms with Crippen LogP contribution in [0.25, 0.3) is 10.2 Å². The van der Waals surface area contributed by atoms with Crippen LogP contribution in [0.1, 0.15) is 35.5 Å². The van der Waals surface area contributed by atoms with Crippen LogP contribution in [0.2, 0.25) is 5.02 Å². The van der Waals surface area contributed by atoms with E-state index in [0.717, 1.165) is 29.5 Å². The number of rotatable bonds is 6. The van der Waals surface area contributed by atoms with Gasteiger partial charge < -0.3 is 10.3 Å². The number of thiophene rings is 1. The number of halogens is 1. The summed E-state index contributed by atoms with van der Waals surface area (Å²) in [4.78, 5) is 34.4. The first-order valence-electron chi connectivity index (χ1n) is 9.27. The predicted octanol–water partition coefficient (Wildman–Crippen LogP) is 4.78.